The Morgan fingerprint density at radius 3 is 2.34 bits per heavy atom. The van der Waals surface area contributed by atoms with E-state index in [0.29, 0.717) is 67.8 Å². The molecule has 0 spiro atoms. The van der Waals surface area contributed by atoms with Gasteiger partial charge in [0.2, 0.25) is 11.8 Å². The molecule has 5 N–H and O–H groups in total. The van der Waals surface area contributed by atoms with Gasteiger partial charge in [-0.15, -0.1) is 10.2 Å². The Morgan fingerprint density at radius 1 is 0.946 bits per heavy atom. The number of hydrogen-bond acceptors (Lipinski definition) is 16. The van der Waals surface area contributed by atoms with E-state index >= 15 is 0 Å². The molecule has 20 heteroatoms. The van der Waals surface area contributed by atoms with Gasteiger partial charge in [-0.25, -0.2) is 16.1 Å². The van der Waals surface area contributed by atoms with Crippen LogP contribution in [0.25, 0.3) is 11.3 Å². The van der Waals surface area contributed by atoms with Crippen molar-refractivity contribution < 1.29 is 57.7 Å². The van der Waals surface area contributed by atoms with E-state index in [1.807, 2.05) is 108 Å². The van der Waals surface area contributed by atoms with Crippen molar-refractivity contribution >= 4 is 47.1 Å². The number of unbranched alkanes of at least 4 members (excludes halogenated alkanes) is 1. The van der Waals surface area contributed by atoms with E-state index in [1.54, 1.807) is 4.90 Å². The molecule has 3 amide bonds. The summed E-state index contributed by atoms with van der Waals surface area (Å²) in [6, 6.07) is 21.2. The predicted molar refractivity (Wildman–Crippen MR) is 280 cm³/mol. The molecule has 2 aromatic carbocycles. The number of rotatable bonds is 20. The van der Waals surface area contributed by atoms with Gasteiger partial charge in [-0.3, -0.25) is 14.5 Å². The third-order valence-electron chi connectivity index (χ3n) is 14.3. The SMILES string of the molecule is C[C@@H]1CN(C(=O)OC(C)(C)C)CCN1CCOc1cc(N2C3CCC2CN(c2cc(-c4ccccc4OCc4ccc(NC(=O)[C@H](CCCCN(C)C)NC(=O)C5([C-]=O)CCC5)cc4)nnc2N)C3)ccn1.[Li+].[OH-]. The molecule has 2 bridgehead atoms. The van der Waals surface area contributed by atoms with Gasteiger partial charge in [0.25, 0.3) is 0 Å². The fraction of sp³-hybridized carbons (Fsp3) is 0.537. The molecular weight excluding hydrogens is 938 g/mol. The average molecular weight is 1010 g/mol. The second-order valence-electron chi connectivity index (χ2n) is 21.0. The summed E-state index contributed by atoms with van der Waals surface area (Å²) < 4.78 is 18.2. The van der Waals surface area contributed by atoms with Crippen molar-refractivity contribution in [1.82, 2.24) is 35.2 Å². The minimum absolute atomic E-state index is 0. The summed E-state index contributed by atoms with van der Waals surface area (Å²) in [6.07, 6.45) is 9.34. The van der Waals surface area contributed by atoms with E-state index in [0.717, 1.165) is 87.3 Å². The molecular formula is C54H73LiN11O8-. The Hall–Kier alpha value is -5.97. The van der Waals surface area contributed by atoms with Crippen molar-refractivity contribution in [2.75, 3.05) is 87.4 Å². The van der Waals surface area contributed by atoms with Gasteiger partial charge in [-0.2, -0.15) is 0 Å². The molecule has 5 heterocycles. The van der Waals surface area contributed by atoms with Crippen LogP contribution in [0.3, 0.4) is 0 Å². The van der Waals surface area contributed by atoms with Gasteiger partial charge in [0, 0.05) is 86.6 Å². The zero-order valence-electron chi connectivity index (χ0n) is 44.2. The van der Waals surface area contributed by atoms with E-state index in [2.05, 4.69) is 58.4 Å². The Morgan fingerprint density at radius 2 is 1.68 bits per heavy atom. The van der Waals surface area contributed by atoms with Crippen LogP contribution in [0.1, 0.15) is 84.6 Å². The minimum Gasteiger partial charge on any atom is -0.870 e. The number of fused-ring (bicyclic) bond motifs is 2. The molecule has 4 aromatic rings. The van der Waals surface area contributed by atoms with Crippen molar-refractivity contribution in [3.8, 4) is 22.9 Å². The predicted octanol–water partition coefficient (Wildman–Crippen LogP) is 3.14. The molecule has 394 valence electrons. The maximum Gasteiger partial charge on any atom is 1.00 e. The first-order chi connectivity index (χ1) is 34.6. The number of carbonyl (C=O) groups is 3. The Labute approximate surface area is 447 Å². The standard InChI is InChI=1S/C54H72N11O7.Li.H2O/c1-37-32-63(52(69)72-53(2,3)4)27-26-62(37)28-29-70-48-30-40(21-24-56-48)65-41-19-20-42(65)34-64(33-41)46-31-45(59-60-49(46)55)43-12-7-8-14-47(43)71-35-38-15-17-39(18-16-38)57-50(67)44(13-9-10-25-61(5)6)58-51(68)54(36-66)22-11-23-54;;/h7-8,12,14-18,21,24,30-31,37,41-42,44H,9-11,13,19-20,22-23,25-29,32-35H2,1-6H3,(H2,55,60)(H,57,67)(H,58,68);;1H2/q-1;+1;/p-1/t37-,41?,42?,44+;;/m1../s1. The second kappa shape index (κ2) is 25.5. The van der Waals surface area contributed by atoms with Gasteiger partial charge in [0.15, 0.2) is 11.7 Å². The van der Waals surface area contributed by atoms with E-state index < -0.39 is 23.0 Å². The number of anilines is 4. The van der Waals surface area contributed by atoms with E-state index in [9.17, 15) is 19.2 Å². The number of piperazine rings is 2. The number of pyridine rings is 1. The number of carbonyl (C=O) groups excluding carboxylic acids is 4. The first-order valence-corrected chi connectivity index (χ1v) is 25.5. The molecule has 8 rings (SSSR count). The molecule has 0 radical (unpaired) electrons. The largest absolute Gasteiger partial charge is 1.00 e. The minimum atomic E-state index is -1.15. The van der Waals surface area contributed by atoms with E-state index in [-0.39, 0.29) is 61.1 Å². The van der Waals surface area contributed by atoms with Crippen LogP contribution in [0, 0.1) is 5.41 Å². The quantitative estimate of drug-likeness (QED) is 0.0500. The number of ether oxygens (including phenoxy) is 3. The normalized spacial score (nSPS) is 19.6. The first-order valence-electron chi connectivity index (χ1n) is 25.5. The summed E-state index contributed by atoms with van der Waals surface area (Å²) in [6.45, 7) is 13.6. The molecule has 4 aliphatic rings. The fourth-order valence-corrected chi connectivity index (χ4v) is 10.1. The summed E-state index contributed by atoms with van der Waals surface area (Å²) in [4.78, 5) is 66.6. The molecule has 4 fully saturated rings. The zero-order valence-corrected chi connectivity index (χ0v) is 44.2. The van der Waals surface area contributed by atoms with Crippen LogP contribution in [0.2, 0.25) is 0 Å². The monoisotopic (exact) mass is 1010 g/mol. The van der Waals surface area contributed by atoms with E-state index in [1.165, 1.54) is 0 Å². The van der Waals surface area contributed by atoms with Crippen LogP contribution >= 0.6 is 0 Å². The van der Waals surface area contributed by atoms with Crippen LogP contribution in [-0.4, -0.2) is 156 Å². The van der Waals surface area contributed by atoms with Crippen molar-refractivity contribution in [2.24, 2.45) is 5.41 Å². The third kappa shape index (κ3) is 14.2. The summed E-state index contributed by atoms with van der Waals surface area (Å²) in [5.41, 5.74) is 9.73. The number of aromatic nitrogens is 3. The molecule has 3 aliphatic heterocycles. The second-order valence-corrected chi connectivity index (χ2v) is 21.0. The number of benzene rings is 2. The maximum atomic E-state index is 13.5. The number of para-hydroxylation sites is 1. The molecule has 2 unspecified atom stereocenters. The smallest absolute Gasteiger partial charge is 0.870 e. The van der Waals surface area contributed by atoms with Crippen molar-refractivity contribution in [1.29, 1.82) is 0 Å². The molecule has 4 atom stereocenters. The third-order valence-corrected chi connectivity index (χ3v) is 14.3. The molecule has 1 aliphatic carbocycles. The summed E-state index contributed by atoms with van der Waals surface area (Å²) in [5.74, 6) is 0.853. The summed E-state index contributed by atoms with van der Waals surface area (Å²) >= 11 is 0. The molecule has 3 saturated heterocycles. The Kier molecular flexibility index (Phi) is 19.8. The maximum absolute atomic E-state index is 13.5. The summed E-state index contributed by atoms with van der Waals surface area (Å²) in [5, 5.41) is 14.8. The Balaban J connectivity index is 0.00000446. The first kappa shape index (κ1) is 57.3. The van der Waals surface area contributed by atoms with Crippen LogP contribution in [0.15, 0.2) is 72.9 Å². The summed E-state index contributed by atoms with van der Waals surface area (Å²) in [7, 11) is 4.00. The van der Waals surface area contributed by atoms with Crippen LogP contribution < -0.4 is 54.5 Å². The number of nitrogens with two attached hydrogens (primary N) is 1. The van der Waals surface area contributed by atoms with Gasteiger partial charge in [-0.05, 0) is 128 Å². The van der Waals surface area contributed by atoms with Gasteiger partial charge < -0.3 is 60.4 Å². The van der Waals surface area contributed by atoms with Crippen molar-refractivity contribution in [2.45, 2.75) is 115 Å². The molecule has 74 heavy (non-hydrogen) atoms. The average Bonchev–Trinajstić information content (AvgIpc) is 3.60. The number of nitrogen functional groups attached to an aromatic ring is 1. The fourth-order valence-electron chi connectivity index (χ4n) is 10.1. The van der Waals surface area contributed by atoms with Gasteiger partial charge >= 0.3 is 25.0 Å². The number of hydrogen-bond donors (Lipinski definition) is 3. The van der Waals surface area contributed by atoms with Gasteiger partial charge in [-0.1, -0.05) is 43.5 Å². The van der Waals surface area contributed by atoms with E-state index in [4.69, 9.17) is 19.9 Å². The van der Waals surface area contributed by atoms with Gasteiger partial charge in [0.05, 0.1) is 11.4 Å². The molecule has 1 saturated carbocycles. The van der Waals surface area contributed by atoms with Gasteiger partial charge in [0.1, 0.15) is 30.6 Å². The number of nitrogens with zero attached hydrogens (tertiary/aromatic N) is 8. The van der Waals surface area contributed by atoms with Crippen molar-refractivity contribution in [3.05, 3.63) is 78.5 Å². The zero-order chi connectivity index (χ0) is 51.0. The topological polar surface area (TPSA) is 231 Å². The molecule has 19 nitrogen and oxygen atoms in total. The number of amides is 3. The Bertz CT molecular complexity index is 2510. The van der Waals surface area contributed by atoms with Crippen LogP contribution in [-0.2, 0) is 25.7 Å². The van der Waals surface area contributed by atoms with Crippen molar-refractivity contribution in [3.63, 3.8) is 0 Å². The van der Waals surface area contributed by atoms with Crippen LogP contribution in [0.5, 0.6) is 11.6 Å². The number of nitrogens with one attached hydrogen (secondary N) is 2. The molecule has 2 aromatic heterocycles. The van der Waals surface area contributed by atoms with Crippen LogP contribution in [0.4, 0.5) is 27.7 Å².